The molecule has 0 aromatic carbocycles. The third kappa shape index (κ3) is 5.34. The molecule has 0 amide bonds. The van der Waals surface area contributed by atoms with Crippen LogP contribution in [0.15, 0.2) is 35.5 Å². The van der Waals surface area contributed by atoms with Crippen LogP contribution in [0.25, 0.3) is 0 Å². The molecule has 0 atom stereocenters. The van der Waals surface area contributed by atoms with Crippen molar-refractivity contribution < 1.29 is 0 Å². The summed E-state index contributed by atoms with van der Waals surface area (Å²) in [7, 11) is 0. The van der Waals surface area contributed by atoms with Crippen molar-refractivity contribution in [3.8, 4) is 0 Å². The fourth-order valence-corrected chi connectivity index (χ4v) is 2.08. The van der Waals surface area contributed by atoms with E-state index in [1.807, 2.05) is 0 Å². The van der Waals surface area contributed by atoms with Crippen LogP contribution in [0, 0.1) is 11.8 Å². The molecule has 0 unspecified atom stereocenters. The molecule has 0 aliphatic heterocycles. The van der Waals surface area contributed by atoms with E-state index in [-0.39, 0.29) is 0 Å². The van der Waals surface area contributed by atoms with Gasteiger partial charge in [-0.2, -0.15) is 0 Å². The van der Waals surface area contributed by atoms with E-state index in [9.17, 15) is 0 Å². The van der Waals surface area contributed by atoms with Crippen molar-refractivity contribution in [1.29, 1.82) is 0 Å². The van der Waals surface area contributed by atoms with Gasteiger partial charge in [-0.1, -0.05) is 56.2 Å². The Kier molecular flexibility index (Phi) is 5.59. The van der Waals surface area contributed by atoms with Gasteiger partial charge in [0.15, 0.2) is 0 Å². The fraction of sp³-hybridized carbons (Fsp3) is 0.625. The summed E-state index contributed by atoms with van der Waals surface area (Å²) in [5.74, 6) is 1.58. The lowest BCUT2D eigenvalue weighted by Gasteiger charge is -2.20. The SMILES string of the molecule is C/C(C=C1CCC(C)CC1)=C\C=C/C(C)C. The van der Waals surface area contributed by atoms with Crippen LogP contribution in [0.3, 0.4) is 0 Å². The first kappa shape index (κ1) is 13.3. The molecule has 1 fully saturated rings. The number of hydrogen-bond acceptors (Lipinski definition) is 0. The molecule has 1 rings (SSSR count). The summed E-state index contributed by atoms with van der Waals surface area (Å²) in [6.45, 7) is 8.99. The van der Waals surface area contributed by atoms with Gasteiger partial charge < -0.3 is 0 Å². The summed E-state index contributed by atoms with van der Waals surface area (Å²) >= 11 is 0. The maximum Gasteiger partial charge on any atom is -0.0287 e. The Hall–Kier alpha value is -0.780. The van der Waals surface area contributed by atoms with Gasteiger partial charge in [0, 0.05) is 0 Å². The van der Waals surface area contributed by atoms with Gasteiger partial charge in [0.05, 0.1) is 0 Å². The van der Waals surface area contributed by atoms with Crippen molar-refractivity contribution in [2.24, 2.45) is 11.8 Å². The van der Waals surface area contributed by atoms with E-state index < -0.39 is 0 Å². The average molecular weight is 218 g/mol. The third-order valence-electron chi connectivity index (χ3n) is 3.20. The Bertz CT molecular complexity index is 279. The zero-order valence-electron chi connectivity index (χ0n) is 11.3. The van der Waals surface area contributed by atoms with Crippen LogP contribution in [-0.4, -0.2) is 0 Å². The fourth-order valence-electron chi connectivity index (χ4n) is 2.08. The molecule has 0 heteroatoms. The number of allylic oxidation sites excluding steroid dienone is 6. The smallest absolute Gasteiger partial charge is 0.0287 e. The maximum absolute atomic E-state index is 2.39. The van der Waals surface area contributed by atoms with Gasteiger partial charge in [-0.25, -0.2) is 0 Å². The molecule has 0 saturated heterocycles. The lowest BCUT2D eigenvalue weighted by molar-refractivity contribution is 0.444. The van der Waals surface area contributed by atoms with Crippen molar-refractivity contribution in [1.82, 2.24) is 0 Å². The largest absolute Gasteiger partial charge is 0.0820 e. The Morgan fingerprint density at radius 1 is 1.25 bits per heavy atom. The van der Waals surface area contributed by atoms with Crippen LogP contribution in [0.2, 0.25) is 0 Å². The Balaban J connectivity index is 2.49. The zero-order chi connectivity index (χ0) is 12.0. The second-order valence-corrected chi connectivity index (χ2v) is 5.52. The first-order valence-corrected chi connectivity index (χ1v) is 6.62. The second-order valence-electron chi connectivity index (χ2n) is 5.52. The first-order chi connectivity index (χ1) is 7.58. The summed E-state index contributed by atoms with van der Waals surface area (Å²) in [5, 5.41) is 0. The summed E-state index contributed by atoms with van der Waals surface area (Å²) in [4.78, 5) is 0. The quantitative estimate of drug-likeness (QED) is 0.565. The van der Waals surface area contributed by atoms with Crippen molar-refractivity contribution in [3.63, 3.8) is 0 Å². The van der Waals surface area contributed by atoms with Gasteiger partial charge in [0.2, 0.25) is 0 Å². The minimum atomic E-state index is 0.646. The molecule has 0 heterocycles. The molecule has 0 radical (unpaired) electrons. The number of hydrogen-bond donors (Lipinski definition) is 0. The Morgan fingerprint density at radius 3 is 2.44 bits per heavy atom. The van der Waals surface area contributed by atoms with E-state index in [1.165, 1.54) is 31.3 Å². The summed E-state index contributed by atoms with van der Waals surface area (Å²) in [5.41, 5.74) is 3.03. The minimum absolute atomic E-state index is 0.646. The highest BCUT2D eigenvalue weighted by Gasteiger charge is 2.11. The molecule has 0 aromatic heterocycles. The van der Waals surface area contributed by atoms with Gasteiger partial charge in [-0.05, 0) is 44.4 Å². The summed E-state index contributed by atoms with van der Waals surface area (Å²) in [6.07, 6.45) is 14.4. The predicted molar refractivity (Wildman–Crippen MR) is 73.5 cm³/mol. The lowest BCUT2D eigenvalue weighted by atomic mass is 9.86. The van der Waals surface area contributed by atoms with Gasteiger partial charge >= 0.3 is 0 Å². The van der Waals surface area contributed by atoms with Gasteiger partial charge in [-0.15, -0.1) is 0 Å². The monoisotopic (exact) mass is 218 g/mol. The Morgan fingerprint density at radius 2 is 1.88 bits per heavy atom. The molecule has 90 valence electrons. The van der Waals surface area contributed by atoms with Crippen LogP contribution >= 0.6 is 0 Å². The van der Waals surface area contributed by atoms with Gasteiger partial charge in [0.1, 0.15) is 0 Å². The molecular formula is C16H26. The topological polar surface area (TPSA) is 0 Å². The lowest BCUT2D eigenvalue weighted by Crippen LogP contribution is -2.03. The number of rotatable bonds is 3. The molecule has 0 N–H and O–H groups in total. The van der Waals surface area contributed by atoms with E-state index in [0.717, 1.165) is 5.92 Å². The van der Waals surface area contributed by atoms with Crippen molar-refractivity contribution in [2.45, 2.75) is 53.4 Å². The predicted octanol–water partition coefficient (Wildman–Crippen LogP) is 5.28. The normalized spacial score (nSPS) is 23.2. The first-order valence-electron chi connectivity index (χ1n) is 6.62. The highest BCUT2D eigenvalue weighted by atomic mass is 14.2. The molecule has 0 bridgehead atoms. The molecule has 0 aromatic rings. The maximum atomic E-state index is 2.39. The standard InChI is InChI=1S/C16H26/c1-13(2)6-5-7-15(4)12-16-10-8-14(3)9-11-16/h5-7,12-14H,8-11H2,1-4H3/b6-5-,15-7+,16-12?. The van der Waals surface area contributed by atoms with E-state index >= 15 is 0 Å². The van der Waals surface area contributed by atoms with Gasteiger partial charge in [-0.3, -0.25) is 0 Å². The summed E-state index contributed by atoms with van der Waals surface area (Å²) in [6, 6.07) is 0. The minimum Gasteiger partial charge on any atom is -0.0820 e. The van der Waals surface area contributed by atoms with Crippen molar-refractivity contribution in [3.05, 3.63) is 35.5 Å². The van der Waals surface area contributed by atoms with E-state index in [4.69, 9.17) is 0 Å². The molecule has 16 heavy (non-hydrogen) atoms. The Labute approximate surface area is 101 Å². The molecule has 0 spiro atoms. The average Bonchev–Trinajstić information content (AvgIpc) is 2.21. The van der Waals surface area contributed by atoms with Crippen molar-refractivity contribution >= 4 is 0 Å². The molecule has 1 saturated carbocycles. The molecule has 1 aliphatic carbocycles. The molecule has 0 nitrogen and oxygen atoms in total. The van der Waals surface area contributed by atoms with Crippen LogP contribution in [-0.2, 0) is 0 Å². The van der Waals surface area contributed by atoms with E-state index in [2.05, 4.69) is 52.0 Å². The van der Waals surface area contributed by atoms with Gasteiger partial charge in [0.25, 0.3) is 0 Å². The summed E-state index contributed by atoms with van der Waals surface area (Å²) < 4.78 is 0. The van der Waals surface area contributed by atoms with Crippen LogP contribution in [0.5, 0.6) is 0 Å². The zero-order valence-corrected chi connectivity index (χ0v) is 11.3. The highest BCUT2D eigenvalue weighted by molar-refractivity contribution is 5.26. The van der Waals surface area contributed by atoms with Crippen molar-refractivity contribution in [2.75, 3.05) is 0 Å². The van der Waals surface area contributed by atoms with E-state index in [0.29, 0.717) is 5.92 Å². The third-order valence-corrected chi connectivity index (χ3v) is 3.20. The van der Waals surface area contributed by atoms with Crippen LogP contribution in [0.1, 0.15) is 53.4 Å². The molecular weight excluding hydrogens is 192 g/mol. The van der Waals surface area contributed by atoms with Crippen LogP contribution < -0.4 is 0 Å². The highest BCUT2D eigenvalue weighted by Crippen LogP contribution is 2.28. The molecule has 1 aliphatic rings. The van der Waals surface area contributed by atoms with E-state index in [1.54, 1.807) is 5.57 Å². The van der Waals surface area contributed by atoms with Crippen LogP contribution in [0.4, 0.5) is 0 Å². The second kappa shape index (κ2) is 6.73.